The molecule has 2 unspecified atom stereocenters. The maximum Gasteiger partial charge on any atom is 0.337 e. The Kier molecular flexibility index (Phi) is 4.66. The predicted octanol–water partition coefficient (Wildman–Crippen LogP) is -1.73. The Morgan fingerprint density at radius 3 is 2.60 bits per heavy atom. The summed E-state index contributed by atoms with van der Waals surface area (Å²) in [5.41, 5.74) is -2.13. The maximum absolute atomic E-state index is 11.9. The number of nitrogens with one attached hydrogen (secondary N) is 2. The van der Waals surface area contributed by atoms with Crippen molar-refractivity contribution in [2.45, 2.75) is 31.9 Å². The molecule has 1 aliphatic rings. The van der Waals surface area contributed by atoms with Crippen LogP contribution in [0.3, 0.4) is 0 Å². The molecule has 9 heteroatoms. The van der Waals surface area contributed by atoms with Crippen molar-refractivity contribution in [2.24, 2.45) is 0 Å². The first-order valence-electron chi connectivity index (χ1n) is 6.03. The van der Waals surface area contributed by atoms with Gasteiger partial charge in [0.2, 0.25) is 11.8 Å². The largest absolute Gasteiger partial charge is 0.479 e. The van der Waals surface area contributed by atoms with Crippen LogP contribution < -0.4 is 10.6 Å². The summed E-state index contributed by atoms with van der Waals surface area (Å²) in [4.78, 5) is 46.4. The van der Waals surface area contributed by atoms with Crippen LogP contribution in [0.25, 0.3) is 0 Å². The molecule has 0 aromatic rings. The molecule has 0 aromatic heterocycles. The van der Waals surface area contributed by atoms with Crippen molar-refractivity contribution < 1.29 is 29.4 Å². The number of nitrogens with zero attached hydrogens (tertiary/aromatic N) is 1. The number of imide groups is 1. The summed E-state index contributed by atoms with van der Waals surface area (Å²) >= 11 is 0. The Labute approximate surface area is 114 Å². The number of hydrogen-bond donors (Lipinski definition) is 4. The van der Waals surface area contributed by atoms with Crippen LogP contribution in [0.4, 0.5) is 4.79 Å². The van der Waals surface area contributed by atoms with Crippen LogP contribution in [-0.2, 0) is 14.4 Å². The van der Waals surface area contributed by atoms with Crippen LogP contribution in [0, 0.1) is 0 Å². The van der Waals surface area contributed by atoms with E-state index in [0.29, 0.717) is 6.42 Å². The molecule has 112 valence electrons. The highest BCUT2D eigenvalue weighted by atomic mass is 16.4. The van der Waals surface area contributed by atoms with Crippen LogP contribution in [0.5, 0.6) is 0 Å². The molecule has 0 aromatic carbocycles. The lowest BCUT2D eigenvalue weighted by Crippen LogP contribution is -2.62. The van der Waals surface area contributed by atoms with Gasteiger partial charge in [-0.05, 0) is 13.3 Å². The number of amides is 4. The van der Waals surface area contributed by atoms with E-state index in [1.54, 1.807) is 6.92 Å². The third kappa shape index (κ3) is 3.44. The Morgan fingerprint density at radius 2 is 2.10 bits per heavy atom. The number of carbonyl (C=O) groups is 4. The third-order valence-electron chi connectivity index (χ3n) is 2.95. The topological polar surface area (TPSA) is 136 Å². The Balaban J connectivity index is 2.72. The van der Waals surface area contributed by atoms with Crippen molar-refractivity contribution in [3.05, 3.63) is 0 Å². The summed E-state index contributed by atoms with van der Waals surface area (Å²) in [7, 11) is 0. The molecule has 9 nitrogen and oxygen atoms in total. The van der Waals surface area contributed by atoms with Gasteiger partial charge in [0, 0.05) is 0 Å². The molecule has 0 radical (unpaired) electrons. The van der Waals surface area contributed by atoms with Crippen LogP contribution in [0.2, 0.25) is 0 Å². The zero-order valence-electron chi connectivity index (χ0n) is 11.2. The standard InChI is InChI=1S/C11H17N3O6/c1-3-6-8(16)13-7(15)4-14(6)10(19)12-5-11(2,20)9(17)18/h6,20H,3-5H2,1-2H3,(H,12,19)(H,17,18)(H,13,15,16). The van der Waals surface area contributed by atoms with Gasteiger partial charge in [-0.2, -0.15) is 0 Å². The van der Waals surface area contributed by atoms with Crippen molar-refractivity contribution in [2.75, 3.05) is 13.1 Å². The van der Waals surface area contributed by atoms with Crippen LogP contribution >= 0.6 is 0 Å². The van der Waals surface area contributed by atoms with E-state index in [1.165, 1.54) is 0 Å². The van der Waals surface area contributed by atoms with Gasteiger partial charge in [0.15, 0.2) is 5.60 Å². The average Bonchev–Trinajstić information content (AvgIpc) is 2.35. The van der Waals surface area contributed by atoms with Gasteiger partial charge in [-0.25, -0.2) is 9.59 Å². The summed E-state index contributed by atoms with van der Waals surface area (Å²) in [6.07, 6.45) is 0.307. The minimum atomic E-state index is -2.13. The number of rotatable bonds is 4. The molecule has 0 aliphatic carbocycles. The van der Waals surface area contributed by atoms with Gasteiger partial charge in [-0.15, -0.1) is 0 Å². The zero-order chi connectivity index (χ0) is 15.5. The molecule has 4 amide bonds. The predicted molar refractivity (Wildman–Crippen MR) is 65.6 cm³/mol. The molecule has 1 aliphatic heterocycles. The minimum absolute atomic E-state index is 0.300. The second-order valence-electron chi connectivity index (χ2n) is 4.70. The molecule has 4 N–H and O–H groups in total. The Bertz CT molecular complexity index is 447. The number of carboxylic acids is 1. The van der Waals surface area contributed by atoms with Crippen LogP contribution in [0.1, 0.15) is 20.3 Å². The fourth-order valence-corrected chi connectivity index (χ4v) is 1.71. The highest BCUT2D eigenvalue weighted by molar-refractivity contribution is 6.04. The van der Waals surface area contributed by atoms with Crippen LogP contribution in [0.15, 0.2) is 0 Å². The van der Waals surface area contributed by atoms with Gasteiger partial charge in [0.05, 0.1) is 6.54 Å². The molecule has 0 bridgehead atoms. The van der Waals surface area contributed by atoms with E-state index in [-0.39, 0.29) is 6.54 Å². The highest BCUT2D eigenvalue weighted by Gasteiger charge is 2.37. The van der Waals surface area contributed by atoms with E-state index in [2.05, 4.69) is 10.6 Å². The summed E-state index contributed by atoms with van der Waals surface area (Å²) in [5.74, 6) is -2.68. The average molecular weight is 287 g/mol. The number of aliphatic carboxylic acids is 1. The summed E-state index contributed by atoms with van der Waals surface area (Å²) in [6.45, 7) is 1.86. The first-order chi connectivity index (χ1) is 9.19. The fourth-order valence-electron chi connectivity index (χ4n) is 1.71. The molecule has 2 atom stereocenters. The van der Waals surface area contributed by atoms with Crippen LogP contribution in [-0.4, -0.2) is 63.7 Å². The molecule has 0 saturated carbocycles. The lowest BCUT2D eigenvalue weighted by atomic mass is 10.1. The lowest BCUT2D eigenvalue weighted by molar-refractivity contribution is -0.156. The quantitative estimate of drug-likeness (QED) is 0.453. The van der Waals surface area contributed by atoms with E-state index in [1.807, 2.05) is 0 Å². The molecular formula is C11H17N3O6. The normalized spacial score (nSPS) is 21.9. The second-order valence-corrected chi connectivity index (χ2v) is 4.70. The number of piperazine rings is 1. The molecular weight excluding hydrogens is 270 g/mol. The molecule has 1 rings (SSSR count). The number of hydrogen-bond acceptors (Lipinski definition) is 5. The Hall–Kier alpha value is -2.16. The SMILES string of the molecule is CCC1C(=O)NC(=O)CN1C(=O)NCC(C)(O)C(=O)O. The maximum atomic E-state index is 11.9. The van der Waals surface area contributed by atoms with Gasteiger partial charge >= 0.3 is 12.0 Å². The van der Waals surface area contributed by atoms with E-state index in [0.717, 1.165) is 11.8 Å². The summed E-state index contributed by atoms with van der Waals surface area (Å²) in [6, 6.07) is -1.58. The van der Waals surface area contributed by atoms with Crippen molar-refractivity contribution in [1.29, 1.82) is 0 Å². The number of carbonyl (C=O) groups excluding carboxylic acids is 3. The van der Waals surface area contributed by atoms with Gasteiger partial charge in [-0.1, -0.05) is 6.92 Å². The number of urea groups is 1. The first-order valence-corrected chi connectivity index (χ1v) is 6.03. The van der Waals surface area contributed by atoms with Crippen molar-refractivity contribution >= 4 is 23.8 Å². The summed E-state index contributed by atoms with van der Waals surface area (Å²) < 4.78 is 0. The van der Waals surface area contributed by atoms with Crippen molar-refractivity contribution in [1.82, 2.24) is 15.5 Å². The monoisotopic (exact) mass is 287 g/mol. The van der Waals surface area contributed by atoms with Crippen molar-refractivity contribution in [3.63, 3.8) is 0 Å². The smallest absolute Gasteiger partial charge is 0.337 e. The third-order valence-corrected chi connectivity index (χ3v) is 2.95. The number of carboxylic acid groups (broad SMARTS) is 1. The van der Waals surface area contributed by atoms with E-state index >= 15 is 0 Å². The molecule has 1 saturated heterocycles. The van der Waals surface area contributed by atoms with Gasteiger partial charge in [0.25, 0.3) is 0 Å². The van der Waals surface area contributed by atoms with E-state index in [4.69, 9.17) is 5.11 Å². The zero-order valence-corrected chi connectivity index (χ0v) is 11.2. The molecule has 1 heterocycles. The second kappa shape index (κ2) is 5.87. The molecule has 20 heavy (non-hydrogen) atoms. The van der Waals surface area contributed by atoms with Gasteiger partial charge < -0.3 is 20.4 Å². The minimum Gasteiger partial charge on any atom is -0.479 e. The van der Waals surface area contributed by atoms with E-state index < -0.39 is 42.0 Å². The first kappa shape index (κ1) is 15.9. The van der Waals surface area contributed by atoms with Crippen molar-refractivity contribution in [3.8, 4) is 0 Å². The molecule has 1 fully saturated rings. The van der Waals surface area contributed by atoms with E-state index in [9.17, 15) is 24.3 Å². The van der Waals surface area contributed by atoms with Gasteiger partial charge in [-0.3, -0.25) is 14.9 Å². The van der Waals surface area contributed by atoms with Gasteiger partial charge in [0.1, 0.15) is 12.6 Å². The fraction of sp³-hybridized carbons (Fsp3) is 0.636. The lowest BCUT2D eigenvalue weighted by Gasteiger charge is -2.33. The molecule has 0 spiro atoms. The number of aliphatic hydroxyl groups is 1. The summed E-state index contributed by atoms with van der Waals surface area (Å²) in [5, 5.41) is 22.5. The Morgan fingerprint density at radius 1 is 1.50 bits per heavy atom. The highest BCUT2D eigenvalue weighted by Crippen LogP contribution is 2.10.